The zero-order chi connectivity index (χ0) is 18.6. The highest BCUT2D eigenvalue weighted by atomic mass is 35.5. The second-order valence-corrected chi connectivity index (χ2v) is 6.12. The van der Waals surface area contributed by atoms with E-state index in [1.54, 1.807) is 13.0 Å². The average Bonchev–Trinajstić information content (AvgIpc) is 2.91. The predicted molar refractivity (Wildman–Crippen MR) is 90.7 cm³/mol. The lowest BCUT2D eigenvalue weighted by Gasteiger charge is -2.25. The fourth-order valence-electron chi connectivity index (χ4n) is 2.45. The minimum absolute atomic E-state index is 0.110. The van der Waals surface area contributed by atoms with Crippen molar-refractivity contribution < 1.29 is 18.4 Å². The van der Waals surface area contributed by atoms with Crippen molar-refractivity contribution in [1.82, 2.24) is 15.2 Å². The van der Waals surface area contributed by atoms with E-state index in [2.05, 4.69) is 10.3 Å². The lowest BCUT2D eigenvalue weighted by Crippen LogP contribution is -2.35. The molecule has 0 aliphatic carbocycles. The Morgan fingerprint density at radius 3 is 2.84 bits per heavy atom. The van der Waals surface area contributed by atoms with Crippen molar-refractivity contribution in [2.75, 3.05) is 6.54 Å². The quantitative estimate of drug-likeness (QED) is 0.336. The Labute approximate surface area is 153 Å². The Balaban J connectivity index is 2.28. The van der Waals surface area contributed by atoms with Gasteiger partial charge in [-0.3, -0.25) is 9.59 Å². The van der Waals surface area contributed by atoms with Gasteiger partial charge in [-0.1, -0.05) is 23.2 Å². The summed E-state index contributed by atoms with van der Waals surface area (Å²) >= 11 is 11.8. The van der Waals surface area contributed by atoms with Crippen LogP contribution in [0.1, 0.15) is 22.8 Å². The normalized spacial score (nSPS) is 16.2. The molecule has 1 N–H and O–H groups in total. The number of fused-ring (bicyclic) bond motifs is 1. The second-order valence-electron chi connectivity index (χ2n) is 5.33. The molecule has 0 aromatic carbocycles. The first-order chi connectivity index (χ1) is 11.8. The molecule has 1 amide bonds. The number of nitrogens with one attached hydrogen (secondary N) is 1. The van der Waals surface area contributed by atoms with Gasteiger partial charge >= 0.3 is 0 Å². The van der Waals surface area contributed by atoms with Crippen molar-refractivity contribution in [3.63, 3.8) is 0 Å². The van der Waals surface area contributed by atoms with Crippen LogP contribution < -0.4 is 5.32 Å². The van der Waals surface area contributed by atoms with Crippen LogP contribution in [0.2, 0.25) is 5.15 Å². The summed E-state index contributed by atoms with van der Waals surface area (Å²) in [6.45, 7) is 1.36. The molecule has 134 valence electrons. The first-order valence-electron chi connectivity index (χ1n) is 7.33. The highest BCUT2D eigenvalue weighted by Crippen LogP contribution is 2.30. The third kappa shape index (κ3) is 4.55. The standard InChI is InChI=1S/C16H15Cl2F2N3O2/c1-9(10(4-11(17)8-24)5-21-6-14(19)20)23-7-13-12(16(23)25)2-3-22-15(13)18/h2-5,8-9,14,21H,6-7H2,1H3. The molecule has 9 heteroatoms. The van der Waals surface area contributed by atoms with E-state index in [1.807, 2.05) is 0 Å². The fraction of sp³-hybridized carbons (Fsp3) is 0.312. The van der Waals surface area contributed by atoms with E-state index in [-0.39, 0.29) is 22.6 Å². The molecule has 1 unspecified atom stereocenters. The topological polar surface area (TPSA) is 62.3 Å². The van der Waals surface area contributed by atoms with E-state index in [1.165, 1.54) is 23.4 Å². The lowest BCUT2D eigenvalue weighted by atomic mass is 10.1. The molecule has 2 heterocycles. The van der Waals surface area contributed by atoms with Crippen LogP contribution in [0, 0.1) is 0 Å². The smallest absolute Gasteiger partial charge is 0.255 e. The molecule has 0 bridgehead atoms. The van der Waals surface area contributed by atoms with Gasteiger partial charge in [0, 0.05) is 23.5 Å². The SMILES string of the molecule is CC(C(C=C(Cl)C=O)=CNCC(F)F)N1Cc2c(ccnc2Cl)C1=O. The van der Waals surface area contributed by atoms with Crippen molar-refractivity contribution >= 4 is 35.4 Å². The first-order valence-corrected chi connectivity index (χ1v) is 8.09. The number of aromatic nitrogens is 1. The van der Waals surface area contributed by atoms with Gasteiger partial charge in [0.15, 0.2) is 6.29 Å². The van der Waals surface area contributed by atoms with Crippen LogP contribution in [0.15, 0.2) is 35.1 Å². The van der Waals surface area contributed by atoms with E-state index >= 15 is 0 Å². The molecule has 0 saturated heterocycles. The molecule has 0 saturated carbocycles. The van der Waals surface area contributed by atoms with E-state index in [0.29, 0.717) is 23.0 Å². The van der Waals surface area contributed by atoms with Crippen molar-refractivity contribution in [2.24, 2.45) is 0 Å². The van der Waals surface area contributed by atoms with Crippen LogP contribution in [0.25, 0.3) is 0 Å². The molecule has 0 fully saturated rings. The molecule has 25 heavy (non-hydrogen) atoms. The summed E-state index contributed by atoms with van der Waals surface area (Å²) in [6, 6.07) is 1.04. The predicted octanol–water partition coefficient (Wildman–Crippen LogP) is 3.14. The molecule has 1 aromatic heterocycles. The summed E-state index contributed by atoms with van der Waals surface area (Å²) in [5, 5.41) is 2.59. The van der Waals surface area contributed by atoms with Crippen LogP contribution in [-0.2, 0) is 11.3 Å². The van der Waals surface area contributed by atoms with Gasteiger partial charge in [0.25, 0.3) is 12.3 Å². The molecule has 5 nitrogen and oxygen atoms in total. The van der Waals surface area contributed by atoms with Crippen molar-refractivity contribution in [2.45, 2.75) is 25.9 Å². The van der Waals surface area contributed by atoms with Gasteiger partial charge in [0.1, 0.15) is 5.15 Å². The van der Waals surface area contributed by atoms with Gasteiger partial charge in [-0.05, 0) is 24.6 Å². The Morgan fingerprint density at radius 1 is 1.52 bits per heavy atom. The van der Waals surface area contributed by atoms with Gasteiger partial charge in [0.05, 0.1) is 24.2 Å². The number of alkyl halides is 2. The Morgan fingerprint density at radius 2 is 2.24 bits per heavy atom. The largest absolute Gasteiger partial charge is 0.385 e. The number of pyridine rings is 1. The molecule has 0 radical (unpaired) electrons. The van der Waals surface area contributed by atoms with Crippen molar-refractivity contribution in [3.05, 3.63) is 51.4 Å². The number of carbonyl (C=O) groups excluding carboxylic acids is 2. The van der Waals surface area contributed by atoms with Gasteiger partial charge < -0.3 is 10.2 Å². The number of hydrogen-bond acceptors (Lipinski definition) is 4. The number of allylic oxidation sites excluding steroid dienone is 1. The Kier molecular flexibility index (Phi) is 6.50. The number of amides is 1. The first kappa shape index (κ1) is 19.3. The summed E-state index contributed by atoms with van der Waals surface area (Å²) in [4.78, 5) is 28.8. The van der Waals surface area contributed by atoms with Gasteiger partial charge in [0.2, 0.25) is 0 Å². The van der Waals surface area contributed by atoms with E-state index in [4.69, 9.17) is 23.2 Å². The summed E-state index contributed by atoms with van der Waals surface area (Å²) < 4.78 is 24.7. The fourth-order valence-corrected chi connectivity index (χ4v) is 2.79. The van der Waals surface area contributed by atoms with Crippen LogP contribution in [-0.4, -0.2) is 41.1 Å². The van der Waals surface area contributed by atoms with Crippen molar-refractivity contribution in [1.29, 1.82) is 0 Å². The number of nitrogens with zero attached hydrogens (tertiary/aromatic N) is 2. The highest BCUT2D eigenvalue weighted by Gasteiger charge is 2.33. The van der Waals surface area contributed by atoms with Crippen LogP contribution in [0.4, 0.5) is 8.78 Å². The molecular weight excluding hydrogens is 375 g/mol. The summed E-state index contributed by atoms with van der Waals surface area (Å²) in [5.74, 6) is -0.262. The van der Waals surface area contributed by atoms with Gasteiger partial charge in [-0.2, -0.15) is 0 Å². The molecule has 1 aromatic rings. The Bertz CT molecular complexity index is 738. The second kappa shape index (κ2) is 8.40. The molecular formula is C16H15Cl2F2N3O2. The van der Waals surface area contributed by atoms with Gasteiger partial charge in [-0.15, -0.1) is 0 Å². The minimum atomic E-state index is -2.54. The maximum Gasteiger partial charge on any atom is 0.255 e. The average molecular weight is 390 g/mol. The maximum atomic E-state index is 12.6. The maximum absolute atomic E-state index is 12.6. The van der Waals surface area contributed by atoms with Gasteiger partial charge in [-0.25, -0.2) is 13.8 Å². The lowest BCUT2D eigenvalue weighted by molar-refractivity contribution is -0.104. The van der Waals surface area contributed by atoms with Crippen molar-refractivity contribution in [3.8, 4) is 0 Å². The molecule has 1 aliphatic heterocycles. The highest BCUT2D eigenvalue weighted by molar-refractivity contribution is 6.38. The Hall–Kier alpha value is -1.99. The number of rotatable bonds is 7. The molecule has 1 aliphatic rings. The van der Waals surface area contributed by atoms with Crippen LogP contribution in [0.3, 0.4) is 0 Å². The third-order valence-corrected chi connectivity index (χ3v) is 4.25. The zero-order valence-corrected chi connectivity index (χ0v) is 14.7. The molecule has 2 rings (SSSR count). The number of halogens is 4. The third-order valence-electron chi connectivity index (χ3n) is 3.73. The number of carbonyl (C=O) groups is 2. The van der Waals surface area contributed by atoms with E-state index in [0.717, 1.165) is 0 Å². The number of aldehydes is 1. The van der Waals surface area contributed by atoms with Crippen LogP contribution in [0.5, 0.6) is 0 Å². The summed E-state index contributed by atoms with van der Waals surface area (Å²) in [5.41, 5.74) is 1.45. The zero-order valence-electron chi connectivity index (χ0n) is 13.2. The van der Waals surface area contributed by atoms with Crippen LogP contribution >= 0.6 is 23.2 Å². The van der Waals surface area contributed by atoms with E-state index < -0.39 is 19.0 Å². The molecule has 1 atom stereocenters. The number of hydrogen-bond donors (Lipinski definition) is 1. The summed E-state index contributed by atoms with van der Waals surface area (Å²) in [6.07, 6.45) is 1.97. The monoisotopic (exact) mass is 389 g/mol. The van der Waals surface area contributed by atoms with E-state index in [9.17, 15) is 18.4 Å². The summed E-state index contributed by atoms with van der Waals surface area (Å²) in [7, 11) is 0. The molecule has 0 spiro atoms. The minimum Gasteiger partial charge on any atom is -0.385 e.